The highest BCUT2D eigenvalue weighted by atomic mass is 16.2. The van der Waals surface area contributed by atoms with E-state index < -0.39 is 0 Å². The second kappa shape index (κ2) is 8.15. The van der Waals surface area contributed by atoms with Crippen LogP contribution in [0.15, 0.2) is 18.2 Å². The molecule has 1 aliphatic rings. The van der Waals surface area contributed by atoms with Crippen LogP contribution in [0.5, 0.6) is 0 Å². The standard InChI is InChI=1S/C18H28N4O2/c1-5-19-18(24)22-10-8-21(9-11-22)15(4)17(23)20-16-12-13(2)6-7-14(16)3/h6-7,12,15H,5,8-11H2,1-4H3,(H,19,24)(H,20,23)/t15-/m1/s1. The first-order chi connectivity index (χ1) is 11.4. The molecule has 1 saturated heterocycles. The highest BCUT2D eigenvalue weighted by Gasteiger charge is 2.27. The Balaban J connectivity index is 1.90. The van der Waals surface area contributed by atoms with Gasteiger partial charge in [0.25, 0.3) is 0 Å². The second-order valence-corrected chi connectivity index (χ2v) is 6.34. The predicted octanol–water partition coefficient (Wildman–Crippen LogP) is 1.98. The van der Waals surface area contributed by atoms with Gasteiger partial charge in [0.15, 0.2) is 0 Å². The van der Waals surface area contributed by atoms with Gasteiger partial charge in [-0.15, -0.1) is 0 Å². The van der Waals surface area contributed by atoms with Crippen LogP contribution in [0.3, 0.4) is 0 Å². The Hall–Kier alpha value is -2.08. The summed E-state index contributed by atoms with van der Waals surface area (Å²) in [5, 5.41) is 5.84. The van der Waals surface area contributed by atoms with Crippen LogP contribution in [-0.2, 0) is 4.79 Å². The monoisotopic (exact) mass is 332 g/mol. The minimum Gasteiger partial charge on any atom is -0.338 e. The molecule has 1 aromatic carbocycles. The predicted molar refractivity (Wildman–Crippen MR) is 96.2 cm³/mol. The molecule has 2 N–H and O–H groups in total. The van der Waals surface area contributed by atoms with Gasteiger partial charge in [0, 0.05) is 38.4 Å². The quantitative estimate of drug-likeness (QED) is 0.886. The van der Waals surface area contributed by atoms with E-state index in [1.54, 1.807) is 4.90 Å². The third kappa shape index (κ3) is 4.47. The van der Waals surface area contributed by atoms with Crippen molar-refractivity contribution >= 4 is 17.6 Å². The molecule has 1 fully saturated rings. The van der Waals surface area contributed by atoms with E-state index >= 15 is 0 Å². The molecule has 0 unspecified atom stereocenters. The van der Waals surface area contributed by atoms with Crippen LogP contribution in [0, 0.1) is 13.8 Å². The van der Waals surface area contributed by atoms with Crippen molar-refractivity contribution in [3.05, 3.63) is 29.3 Å². The first-order valence-electron chi connectivity index (χ1n) is 8.57. The van der Waals surface area contributed by atoms with E-state index in [2.05, 4.69) is 15.5 Å². The van der Waals surface area contributed by atoms with Gasteiger partial charge in [0.2, 0.25) is 5.91 Å². The van der Waals surface area contributed by atoms with E-state index in [-0.39, 0.29) is 18.0 Å². The van der Waals surface area contributed by atoms with E-state index in [0.717, 1.165) is 16.8 Å². The maximum atomic E-state index is 12.5. The van der Waals surface area contributed by atoms with Crippen molar-refractivity contribution in [2.24, 2.45) is 0 Å². The molecule has 2 rings (SSSR count). The number of carbonyl (C=O) groups excluding carboxylic acids is 2. The van der Waals surface area contributed by atoms with Crippen LogP contribution in [0.2, 0.25) is 0 Å². The van der Waals surface area contributed by atoms with Crippen LogP contribution in [0.25, 0.3) is 0 Å². The van der Waals surface area contributed by atoms with Gasteiger partial charge in [-0.1, -0.05) is 12.1 Å². The lowest BCUT2D eigenvalue weighted by Crippen LogP contribution is -2.55. The van der Waals surface area contributed by atoms with E-state index in [9.17, 15) is 9.59 Å². The molecule has 6 nitrogen and oxygen atoms in total. The molecule has 0 aliphatic carbocycles. The van der Waals surface area contributed by atoms with Crippen LogP contribution in [0.1, 0.15) is 25.0 Å². The molecule has 1 atom stereocenters. The molecule has 0 aromatic heterocycles. The maximum Gasteiger partial charge on any atom is 0.317 e. The molecule has 0 radical (unpaired) electrons. The van der Waals surface area contributed by atoms with Gasteiger partial charge < -0.3 is 15.5 Å². The SMILES string of the molecule is CCNC(=O)N1CCN([C@H](C)C(=O)Nc2cc(C)ccc2C)CC1. The summed E-state index contributed by atoms with van der Waals surface area (Å²) in [6.07, 6.45) is 0. The lowest BCUT2D eigenvalue weighted by molar-refractivity contribution is -0.121. The third-order valence-corrected chi connectivity index (χ3v) is 4.51. The Bertz CT molecular complexity index is 595. The summed E-state index contributed by atoms with van der Waals surface area (Å²) in [6, 6.07) is 5.80. The maximum absolute atomic E-state index is 12.5. The summed E-state index contributed by atoms with van der Waals surface area (Å²) in [6.45, 7) is 11.2. The fraction of sp³-hybridized carbons (Fsp3) is 0.556. The van der Waals surface area contributed by atoms with Crippen molar-refractivity contribution in [1.82, 2.24) is 15.1 Å². The minimum absolute atomic E-state index is 0.00448. The fourth-order valence-electron chi connectivity index (χ4n) is 2.85. The number of rotatable bonds is 4. The Morgan fingerprint density at radius 2 is 1.83 bits per heavy atom. The Morgan fingerprint density at radius 1 is 1.17 bits per heavy atom. The van der Waals surface area contributed by atoms with Crippen molar-refractivity contribution in [1.29, 1.82) is 0 Å². The summed E-state index contributed by atoms with van der Waals surface area (Å²) >= 11 is 0. The highest BCUT2D eigenvalue weighted by molar-refractivity contribution is 5.95. The van der Waals surface area contributed by atoms with Gasteiger partial charge in [-0.2, -0.15) is 0 Å². The average Bonchev–Trinajstić information content (AvgIpc) is 2.57. The average molecular weight is 332 g/mol. The summed E-state index contributed by atoms with van der Waals surface area (Å²) in [4.78, 5) is 28.3. The van der Waals surface area contributed by atoms with Gasteiger partial charge in [0.1, 0.15) is 0 Å². The number of urea groups is 1. The number of hydrogen-bond acceptors (Lipinski definition) is 3. The number of carbonyl (C=O) groups is 2. The summed E-state index contributed by atoms with van der Waals surface area (Å²) < 4.78 is 0. The largest absolute Gasteiger partial charge is 0.338 e. The Labute approximate surface area is 144 Å². The molecule has 1 aliphatic heterocycles. The summed E-state index contributed by atoms with van der Waals surface area (Å²) in [5.41, 5.74) is 3.05. The zero-order chi connectivity index (χ0) is 17.7. The van der Waals surface area contributed by atoms with Crippen molar-refractivity contribution in [3.8, 4) is 0 Å². The lowest BCUT2D eigenvalue weighted by atomic mass is 10.1. The lowest BCUT2D eigenvalue weighted by Gasteiger charge is -2.37. The number of piperazine rings is 1. The molecule has 6 heteroatoms. The van der Waals surface area contributed by atoms with Crippen molar-refractivity contribution < 1.29 is 9.59 Å². The third-order valence-electron chi connectivity index (χ3n) is 4.51. The molecule has 132 valence electrons. The van der Waals surface area contributed by atoms with E-state index in [1.165, 1.54) is 0 Å². The molecule has 3 amide bonds. The molecule has 0 spiro atoms. The Morgan fingerprint density at radius 3 is 2.46 bits per heavy atom. The minimum atomic E-state index is -0.221. The van der Waals surface area contributed by atoms with Crippen LogP contribution in [0.4, 0.5) is 10.5 Å². The fourth-order valence-corrected chi connectivity index (χ4v) is 2.85. The highest BCUT2D eigenvalue weighted by Crippen LogP contribution is 2.17. The van der Waals surface area contributed by atoms with Gasteiger partial charge in [-0.25, -0.2) is 4.79 Å². The van der Waals surface area contributed by atoms with Gasteiger partial charge in [-0.05, 0) is 44.9 Å². The van der Waals surface area contributed by atoms with Crippen LogP contribution >= 0.6 is 0 Å². The molecular weight excluding hydrogens is 304 g/mol. The number of anilines is 1. The van der Waals surface area contributed by atoms with Crippen molar-refractivity contribution in [2.45, 2.75) is 33.7 Å². The van der Waals surface area contributed by atoms with Crippen LogP contribution < -0.4 is 10.6 Å². The number of aryl methyl sites for hydroxylation is 2. The number of nitrogens with one attached hydrogen (secondary N) is 2. The number of amides is 3. The van der Waals surface area contributed by atoms with Crippen molar-refractivity contribution in [2.75, 3.05) is 38.0 Å². The summed E-state index contributed by atoms with van der Waals surface area (Å²) in [5.74, 6) is -0.00448. The number of hydrogen-bond donors (Lipinski definition) is 2. The second-order valence-electron chi connectivity index (χ2n) is 6.34. The first-order valence-corrected chi connectivity index (χ1v) is 8.57. The van der Waals surface area contributed by atoms with E-state index in [0.29, 0.717) is 32.7 Å². The zero-order valence-electron chi connectivity index (χ0n) is 15.1. The van der Waals surface area contributed by atoms with E-state index in [1.807, 2.05) is 45.9 Å². The van der Waals surface area contributed by atoms with Gasteiger partial charge >= 0.3 is 6.03 Å². The van der Waals surface area contributed by atoms with Gasteiger partial charge in [-0.3, -0.25) is 9.69 Å². The first kappa shape index (κ1) is 18.3. The van der Waals surface area contributed by atoms with E-state index in [4.69, 9.17) is 0 Å². The molecule has 1 aromatic rings. The van der Waals surface area contributed by atoms with Crippen LogP contribution in [-0.4, -0.2) is 60.5 Å². The molecule has 24 heavy (non-hydrogen) atoms. The molecule has 1 heterocycles. The summed E-state index contributed by atoms with van der Waals surface area (Å²) in [7, 11) is 0. The van der Waals surface area contributed by atoms with Gasteiger partial charge in [0.05, 0.1) is 6.04 Å². The molecular formula is C18H28N4O2. The normalized spacial score (nSPS) is 16.6. The Kier molecular flexibility index (Phi) is 6.20. The number of nitrogens with zero attached hydrogens (tertiary/aromatic N) is 2. The number of benzene rings is 1. The smallest absolute Gasteiger partial charge is 0.317 e. The van der Waals surface area contributed by atoms with Crippen molar-refractivity contribution in [3.63, 3.8) is 0 Å². The zero-order valence-corrected chi connectivity index (χ0v) is 15.1. The molecule has 0 saturated carbocycles. The topological polar surface area (TPSA) is 64.7 Å². The molecule has 0 bridgehead atoms.